The van der Waals surface area contributed by atoms with Gasteiger partial charge in [0, 0.05) is 13.2 Å². The summed E-state index contributed by atoms with van der Waals surface area (Å²) >= 11 is 3.17. The van der Waals surface area contributed by atoms with Crippen molar-refractivity contribution >= 4 is 21.8 Å². The summed E-state index contributed by atoms with van der Waals surface area (Å²) in [5.74, 6) is -0.216. The Kier molecular flexibility index (Phi) is 3.60. The normalized spacial score (nSPS) is 9.21. The van der Waals surface area contributed by atoms with Crippen LogP contribution >= 0.6 is 15.9 Å². The summed E-state index contributed by atoms with van der Waals surface area (Å²) in [5, 5.41) is 8.43. The number of hydrogen-bond acceptors (Lipinski definition) is 3. The number of nitrogens with zero attached hydrogens (tertiary/aromatic N) is 3. The zero-order valence-corrected chi connectivity index (χ0v) is 9.15. The lowest BCUT2D eigenvalue weighted by molar-refractivity contribution is 0.0810. The second kappa shape index (κ2) is 4.72. The Labute approximate surface area is 90.3 Å². The second-order valence-electron chi connectivity index (χ2n) is 2.66. The van der Waals surface area contributed by atoms with Gasteiger partial charge < -0.3 is 4.90 Å². The van der Waals surface area contributed by atoms with Gasteiger partial charge in [0.2, 0.25) is 0 Å². The van der Waals surface area contributed by atoms with Crippen LogP contribution in [0.2, 0.25) is 0 Å². The van der Waals surface area contributed by atoms with Crippen LogP contribution in [-0.4, -0.2) is 29.4 Å². The third kappa shape index (κ3) is 2.30. The Morgan fingerprint density at radius 1 is 1.79 bits per heavy atom. The summed E-state index contributed by atoms with van der Waals surface area (Å²) in [6.45, 7) is 0.0696. The molecule has 1 amide bonds. The van der Waals surface area contributed by atoms with Crippen molar-refractivity contribution in [2.24, 2.45) is 0 Å². The van der Waals surface area contributed by atoms with E-state index in [0.29, 0.717) is 10.2 Å². The molecule has 0 N–H and O–H groups in total. The SMILES string of the molecule is CN(CC#N)C(=O)c1cccnc1Br. The Morgan fingerprint density at radius 3 is 3.07 bits per heavy atom. The van der Waals surface area contributed by atoms with Gasteiger partial charge in [-0.1, -0.05) is 0 Å². The van der Waals surface area contributed by atoms with Crippen molar-refractivity contribution in [3.63, 3.8) is 0 Å². The summed E-state index contributed by atoms with van der Waals surface area (Å²) in [5.41, 5.74) is 0.463. The van der Waals surface area contributed by atoms with Crippen molar-refractivity contribution in [2.75, 3.05) is 13.6 Å². The molecule has 0 aliphatic heterocycles. The van der Waals surface area contributed by atoms with Crippen LogP contribution in [0.25, 0.3) is 0 Å². The minimum Gasteiger partial charge on any atom is -0.328 e. The standard InChI is InChI=1S/C9H8BrN3O/c1-13(6-4-11)9(14)7-3-2-5-12-8(7)10/h2-3,5H,6H2,1H3. The summed E-state index contributed by atoms with van der Waals surface area (Å²) in [6, 6.07) is 5.25. The molecule has 0 atom stereocenters. The van der Waals surface area contributed by atoms with Gasteiger partial charge >= 0.3 is 0 Å². The molecule has 5 heteroatoms. The molecule has 0 aromatic carbocycles. The van der Waals surface area contributed by atoms with E-state index in [4.69, 9.17) is 5.26 Å². The number of carbonyl (C=O) groups is 1. The first-order chi connectivity index (χ1) is 6.66. The number of amides is 1. The number of rotatable bonds is 2. The van der Waals surface area contributed by atoms with E-state index in [0.717, 1.165) is 0 Å². The van der Waals surface area contributed by atoms with E-state index in [1.54, 1.807) is 25.4 Å². The Hall–Kier alpha value is -1.41. The van der Waals surface area contributed by atoms with Crippen LogP contribution in [0.5, 0.6) is 0 Å². The lowest BCUT2D eigenvalue weighted by atomic mass is 10.2. The number of aromatic nitrogens is 1. The van der Waals surface area contributed by atoms with E-state index in [1.165, 1.54) is 4.90 Å². The molecule has 4 nitrogen and oxygen atoms in total. The molecule has 0 spiro atoms. The maximum atomic E-state index is 11.7. The van der Waals surface area contributed by atoms with E-state index in [-0.39, 0.29) is 12.5 Å². The molecular formula is C9H8BrN3O. The van der Waals surface area contributed by atoms with Crippen LogP contribution in [0.15, 0.2) is 22.9 Å². The lowest BCUT2D eigenvalue weighted by Crippen LogP contribution is -2.27. The largest absolute Gasteiger partial charge is 0.328 e. The molecule has 1 rings (SSSR count). The van der Waals surface area contributed by atoms with Gasteiger partial charge in [-0.2, -0.15) is 5.26 Å². The van der Waals surface area contributed by atoms with Gasteiger partial charge in [-0.25, -0.2) is 4.98 Å². The number of carbonyl (C=O) groups excluding carboxylic acids is 1. The molecule has 1 aromatic rings. The van der Waals surface area contributed by atoms with Crippen molar-refractivity contribution in [2.45, 2.75) is 0 Å². The first kappa shape index (κ1) is 10.7. The highest BCUT2D eigenvalue weighted by Crippen LogP contribution is 2.13. The predicted molar refractivity (Wildman–Crippen MR) is 54.5 cm³/mol. The van der Waals surface area contributed by atoms with E-state index in [2.05, 4.69) is 20.9 Å². The summed E-state index contributed by atoms with van der Waals surface area (Å²) in [7, 11) is 1.57. The molecule has 0 bridgehead atoms. The smallest absolute Gasteiger partial charge is 0.257 e. The number of hydrogen-bond donors (Lipinski definition) is 0. The first-order valence-electron chi connectivity index (χ1n) is 3.89. The minimum absolute atomic E-state index is 0.0696. The van der Waals surface area contributed by atoms with E-state index < -0.39 is 0 Å². The summed E-state index contributed by atoms with van der Waals surface area (Å²) in [4.78, 5) is 16.9. The number of pyridine rings is 1. The molecule has 0 saturated heterocycles. The number of nitriles is 1. The molecule has 0 unspecified atom stereocenters. The molecule has 0 radical (unpaired) electrons. The maximum absolute atomic E-state index is 11.7. The molecule has 0 saturated carbocycles. The highest BCUT2D eigenvalue weighted by atomic mass is 79.9. The molecule has 0 aliphatic carbocycles. The predicted octanol–water partition coefficient (Wildman–Crippen LogP) is 1.44. The highest BCUT2D eigenvalue weighted by molar-refractivity contribution is 9.10. The molecule has 72 valence electrons. The fourth-order valence-corrected chi connectivity index (χ4v) is 1.35. The third-order valence-corrected chi connectivity index (χ3v) is 2.28. The molecule has 0 aliphatic rings. The van der Waals surface area contributed by atoms with Crippen LogP contribution in [0.3, 0.4) is 0 Å². The summed E-state index contributed by atoms with van der Waals surface area (Å²) in [6.07, 6.45) is 1.59. The van der Waals surface area contributed by atoms with Crippen LogP contribution in [0.4, 0.5) is 0 Å². The first-order valence-corrected chi connectivity index (χ1v) is 4.69. The van der Waals surface area contributed by atoms with Crippen molar-refractivity contribution < 1.29 is 4.79 Å². The van der Waals surface area contributed by atoms with Crippen LogP contribution in [0.1, 0.15) is 10.4 Å². The van der Waals surface area contributed by atoms with Crippen molar-refractivity contribution in [1.82, 2.24) is 9.88 Å². The van der Waals surface area contributed by atoms with E-state index in [9.17, 15) is 4.79 Å². The molecule has 0 fully saturated rings. The summed E-state index contributed by atoms with van der Waals surface area (Å²) < 4.78 is 0.495. The zero-order valence-electron chi connectivity index (χ0n) is 7.57. The lowest BCUT2D eigenvalue weighted by Gasteiger charge is -2.13. The molecule has 1 heterocycles. The topological polar surface area (TPSA) is 57.0 Å². The monoisotopic (exact) mass is 253 g/mol. The van der Waals surface area contributed by atoms with Crippen LogP contribution in [-0.2, 0) is 0 Å². The second-order valence-corrected chi connectivity index (χ2v) is 3.41. The van der Waals surface area contributed by atoms with E-state index >= 15 is 0 Å². The van der Waals surface area contributed by atoms with Gasteiger partial charge in [-0.3, -0.25) is 4.79 Å². The number of halogens is 1. The quantitative estimate of drug-likeness (QED) is 0.592. The fraction of sp³-hybridized carbons (Fsp3) is 0.222. The van der Waals surface area contributed by atoms with Crippen molar-refractivity contribution in [3.8, 4) is 6.07 Å². The van der Waals surface area contributed by atoms with Gasteiger partial charge in [0.15, 0.2) is 0 Å². The van der Waals surface area contributed by atoms with Gasteiger partial charge in [0.1, 0.15) is 11.1 Å². The minimum atomic E-state index is -0.216. The average Bonchev–Trinajstić information content (AvgIpc) is 2.18. The highest BCUT2D eigenvalue weighted by Gasteiger charge is 2.14. The van der Waals surface area contributed by atoms with Crippen LogP contribution in [0, 0.1) is 11.3 Å². The fourth-order valence-electron chi connectivity index (χ4n) is 0.929. The van der Waals surface area contributed by atoms with Gasteiger partial charge in [0.05, 0.1) is 11.6 Å². The van der Waals surface area contributed by atoms with Crippen LogP contribution < -0.4 is 0 Å². The van der Waals surface area contributed by atoms with Crippen molar-refractivity contribution in [3.05, 3.63) is 28.5 Å². The Morgan fingerprint density at radius 2 is 2.50 bits per heavy atom. The molecular weight excluding hydrogens is 246 g/mol. The average molecular weight is 254 g/mol. The van der Waals surface area contributed by atoms with Gasteiger partial charge in [0.25, 0.3) is 5.91 Å². The van der Waals surface area contributed by atoms with E-state index in [1.807, 2.05) is 6.07 Å². The van der Waals surface area contributed by atoms with Gasteiger partial charge in [-0.15, -0.1) is 0 Å². The Bertz CT molecular complexity index is 386. The van der Waals surface area contributed by atoms with Gasteiger partial charge in [-0.05, 0) is 28.1 Å². The Balaban J connectivity index is 2.91. The molecule has 14 heavy (non-hydrogen) atoms. The zero-order chi connectivity index (χ0) is 10.6. The van der Waals surface area contributed by atoms with Crippen molar-refractivity contribution in [1.29, 1.82) is 5.26 Å². The molecule has 1 aromatic heterocycles. The third-order valence-electron chi connectivity index (χ3n) is 1.64. The maximum Gasteiger partial charge on any atom is 0.257 e.